The number of unbranched alkanes of at least 4 members (excludes halogenated alkanes) is 1. The van der Waals surface area contributed by atoms with Crippen LogP contribution < -0.4 is 0 Å². The van der Waals surface area contributed by atoms with Gasteiger partial charge in [0.1, 0.15) is 5.78 Å². The van der Waals surface area contributed by atoms with Gasteiger partial charge in [-0.25, -0.2) is 0 Å². The van der Waals surface area contributed by atoms with Gasteiger partial charge in [-0.15, -0.1) is 0 Å². The van der Waals surface area contributed by atoms with Gasteiger partial charge in [-0.2, -0.15) is 0 Å². The predicted octanol–water partition coefficient (Wildman–Crippen LogP) is 6.08. The molecule has 4 aliphatic carbocycles. The summed E-state index contributed by atoms with van der Waals surface area (Å²) in [5.74, 6) is 4.29. The van der Waals surface area contributed by atoms with Crippen molar-refractivity contribution in [2.45, 2.75) is 90.9 Å². The predicted molar refractivity (Wildman–Crippen MR) is 95.2 cm³/mol. The third-order valence-corrected chi connectivity index (χ3v) is 8.30. The van der Waals surface area contributed by atoms with Crippen molar-refractivity contribution in [1.29, 1.82) is 0 Å². The molecule has 1 heteroatoms. The zero-order chi connectivity index (χ0) is 16.0. The molecule has 0 amide bonds. The van der Waals surface area contributed by atoms with Crippen LogP contribution in [-0.4, -0.2) is 5.78 Å². The first-order chi connectivity index (χ1) is 11.1. The average molecular weight is 315 g/mol. The van der Waals surface area contributed by atoms with Crippen LogP contribution in [0.3, 0.4) is 0 Å². The Balaban J connectivity index is 1.55. The molecule has 2 fully saturated rings. The van der Waals surface area contributed by atoms with Crippen LogP contribution in [0, 0.1) is 29.1 Å². The van der Waals surface area contributed by atoms with Gasteiger partial charge in [-0.1, -0.05) is 37.8 Å². The first-order valence-electron chi connectivity index (χ1n) is 10.4. The first-order valence-corrected chi connectivity index (χ1v) is 10.4. The van der Waals surface area contributed by atoms with E-state index in [0.717, 1.165) is 42.9 Å². The lowest BCUT2D eigenvalue weighted by Crippen LogP contribution is -2.44. The Bertz CT molecular complexity index is 516. The summed E-state index contributed by atoms with van der Waals surface area (Å²) in [6.07, 6.45) is 15.5. The van der Waals surface area contributed by atoms with Gasteiger partial charge in [0.15, 0.2) is 0 Å². The second-order valence-electron chi connectivity index (χ2n) is 9.22. The lowest BCUT2D eigenvalue weighted by molar-refractivity contribution is -0.119. The molecular weight excluding hydrogens is 280 g/mol. The van der Waals surface area contributed by atoms with Crippen molar-refractivity contribution in [3.05, 3.63) is 11.1 Å². The molecule has 4 rings (SSSR count). The maximum atomic E-state index is 11.8. The second kappa shape index (κ2) is 6.05. The summed E-state index contributed by atoms with van der Waals surface area (Å²) in [5.41, 5.74) is 3.98. The molecule has 0 aliphatic heterocycles. The molecule has 5 atom stereocenters. The van der Waals surface area contributed by atoms with Gasteiger partial charge in [-0.05, 0) is 80.5 Å². The molecular formula is C22H34O. The molecule has 0 saturated heterocycles. The highest BCUT2D eigenvalue weighted by molar-refractivity contribution is 5.82. The standard InChI is InChI=1S/C22H34O/c1-3-4-5-16-7-11-21-20-9-6-15-14-17(23)8-10-18(15)19(20)12-13-22(16,21)2/h16,19-21H,3-14H2,1-2H3. The maximum Gasteiger partial charge on any atom is 0.137 e. The molecule has 0 bridgehead atoms. The number of ketones is 1. The second-order valence-corrected chi connectivity index (χ2v) is 9.22. The highest BCUT2D eigenvalue weighted by atomic mass is 16.1. The van der Waals surface area contributed by atoms with Gasteiger partial charge in [0.25, 0.3) is 0 Å². The van der Waals surface area contributed by atoms with Crippen molar-refractivity contribution in [2.75, 3.05) is 0 Å². The summed E-state index contributed by atoms with van der Waals surface area (Å²) in [5, 5.41) is 0. The largest absolute Gasteiger partial charge is 0.299 e. The summed E-state index contributed by atoms with van der Waals surface area (Å²) >= 11 is 0. The van der Waals surface area contributed by atoms with Crippen LogP contribution in [0.4, 0.5) is 0 Å². The lowest BCUT2D eigenvalue weighted by atomic mass is 9.53. The Kier molecular flexibility index (Phi) is 4.18. The highest BCUT2D eigenvalue weighted by Gasteiger charge is 2.54. The molecule has 0 N–H and O–H groups in total. The van der Waals surface area contributed by atoms with Crippen molar-refractivity contribution in [1.82, 2.24) is 0 Å². The molecule has 0 heterocycles. The minimum atomic E-state index is 0.503. The Morgan fingerprint density at radius 3 is 2.78 bits per heavy atom. The van der Waals surface area contributed by atoms with Crippen molar-refractivity contribution in [3.63, 3.8) is 0 Å². The number of hydrogen-bond acceptors (Lipinski definition) is 1. The van der Waals surface area contributed by atoms with Crippen molar-refractivity contribution < 1.29 is 4.79 Å². The number of fused-ring (bicyclic) bond motifs is 4. The zero-order valence-corrected chi connectivity index (χ0v) is 15.2. The van der Waals surface area contributed by atoms with Crippen LogP contribution in [0.25, 0.3) is 0 Å². The van der Waals surface area contributed by atoms with E-state index in [4.69, 9.17) is 0 Å². The molecule has 1 nitrogen and oxygen atoms in total. The van der Waals surface area contributed by atoms with E-state index in [9.17, 15) is 4.79 Å². The van der Waals surface area contributed by atoms with E-state index in [2.05, 4.69) is 13.8 Å². The molecule has 0 aromatic heterocycles. The van der Waals surface area contributed by atoms with Crippen molar-refractivity contribution >= 4 is 5.78 Å². The molecule has 2 saturated carbocycles. The minimum Gasteiger partial charge on any atom is -0.299 e. The van der Waals surface area contributed by atoms with Crippen molar-refractivity contribution in [3.8, 4) is 0 Å². The van der Waals surface area contributed by atoms with Gasteiger partial charge in [-0.3, -0.25) is 4.79 Å². The van der Waals surface area contributed by atoms with E-state index in [1.54, 1.807) is 11.1 Å². The number of allylic oxidation sites excluding steroid dienone is 2. The van der Waals surface area contributed by atoms with Crippen LogP contribution in [0.1, 0.15) is 90.9 Å². The molecule has 4 aliphatic rings. The third-order valence-electron chi connectivity index (χ3n) is 8.30. The first kappa shape index (κ1) is 15.9. The van der Waals surface area contributed by atoms with E-state index >= 15 is 0 Å². The molecule has 128 valence electrons. The van der Waals surface area contributed by atoms with Crippen LogP contribution in [0.2, 0.25) is 0 Å². The smallest absolute Gasteiger partial charge is 0.137 e. The normalized spacial score (nSPS) is 43.1. The number of Topliss-reactive ketones (excluding diaryl/α,β-unsaturated/α-hetero) is 1. The van der Waals surface area contributed by atoms with Crippen LogP contribution in [-0.2, 0) is 4.79 Å². The van der Waals surface area contributed by atoms with Gasteiger partial charge >= 0.3 is 0 Å². The summed E-state index contributed by atoms with van der Waals surface area (Å²) in [6, 6.07) is 0. The van der Waals surface area contributed by atoms with E-state index in [-0.39, 0.29) is 0 Å². The molecule has 0 radical (unpaired) electrons. The van der Waals surface area contributed by atoms with Crippen LogP contribution in [0.15, 0.2) is 11.1 Å². The Morgan fingerprint density at radius 2 is 1.96 bits per heavy atom. The van der Waals surface area contributed by atoms with E-state index in [1.807, 2.05) is 0 Å². The monoisotopic (exact) mass is 314 g/mol. The van der Waals surface area contributed by atoms with E-state index in [1.165, 1.54) is 57.8 Å². The number of carbonyl (C=O) groups excluding carboxylic acids is 1. The quantitative estimate of drug-likeness (QED) is 0.577. The van der Waals surface area contributed by atoms with E-state index < -0.39 is 0 Å². The third kappa shape index (κ3) is 2.53. The fraction of sp³-hybridized carbons (Fsp3) is 0.864. The number of hydrogen-bond donors (Lipinski definition) is 0. The number of carbonyl (C=O) groups is 1. The summed E-state index contributed by atoms with van der Waals surface area (Å²) in [6.45, 7) is 4.99. The highest BCUT2D eigenvalue weighted by Crippen LogP contribution is 2.63. The van der Waals surface area contributed by atoms with E-state index in [0.29, 0.717) is 11.2 Å². The molecule has 0 aromatic carbocycles. The minimum absolute atomic E-state index is 0.503. The van der Waals surface area contributed by atoms with Gasteiger partial charge in [0, 0.05) is 12.8 Å². The van der Waals surface area contributed by atoms with Crippen LogP contribution in [0.5, 0.6) is 0 Å². The van der Waals surface area contributed by atoms with Crippen molar-refractivity contribution in [2.24, 2.45) is 29.1 Å². The molecule has 23 heavy (non-hydrogen) atoms. The zero-order valence-electron chi connectivity index (χ0n) is 15.2. The summed E-state index contributed by atoms with van der Waals surface area (Å²) in [4.78, 5) is 11.8. The number of rotatable bonds is 3. The summed E-state index contributed by atoms with van der Waals surface area (Å²) < 4.78 is 0. The van der Waals surface area contributed by atoms with Gasteiger partial charge < -0.3 is 0 Å². The molecule has 0 spiro atoms. The SMILES string of the molecule is CCCCC1CCC2C3CCC4=C(CCC(=O)C4)C3CCC12C. The Hall–Kier alpha value is -0.590. The average Bonchev–Trinajstić information content (AvgIpc) is 2.89. The molecule has 5 unspecified atom stereocenters. The summed E-state index contributed by atoms with van der Waals surface area (Å²) in [7, 11) is 0. The molecule has 0 aromatic rings. The fourth-order valence-corrected chi connectivity index (χ4v) is 7.08. The fourth-order valence-electron chi connectivity index (χ4n) is 7.08. The Morgan fingerprint density at radius 1 is 1.09 bits per heavy atom. The lowest BCUT2D eigenvalue weighted by Gasteiger charge is -2.52. The van der Waals surface area contributed by atoms with Gasteiger partial charge in [0.2, 0.25) is 0 Å². The van der Waals surface area contributed by atoms with Crippen LogP contribution >= 0.6 is 0 Å². The Labute approximate surface area is 142 Å². The topological polar surface area (TPSA) is 17.1 Å². The van der Waals surface area contributed by atoms with Gasteiger partial charge in [0.05, 0.1) is 0 Å². The maximum absolute atomic E-state index is 11.8.